The van der Waals surface area contributed by atoms with E-state index in [9.17, 15) is 13.2 Å². The average molecular weight is 488 g/mol. The molecule has 8 nitrogen and oxygen atoms in total. The van der Waals surface area contributed by atoms with Gasteiger partial charge in [-0.1, -0.05) is 28.9 Å². The van der Waals surface area contributed by atoms with E-state index in [1.165, 1.54) is 9.87 Å². The highest BCUT2D eigenvalue weighted by atomic mass is 32.2. The van der Waals surface area contributed by atoms with Crippen LogP contribution in [-0.2, 0) is 19.6 Å². The molecule has 1 atom stereocenters. The first kappa shape index (κ1) is 24.6. The quantitative estimate of drug-likeness (QED) is 0.642. The Kier molecular flexibility index (Phi) is 7.25. The number of sulfonamides is 1. The predicted octanol–water partition coefficient (Wildman–Crippen LogP) is 3.34. The van der Waals surface area contributed by atoms with Gasteiger partial charge in [0.15, 0.2) is 10.7 Å². The maximum absolute atomic E-state index is 13.7. The largest absolute Gasteiger partial charge is 0.378 e. The second kappa shape index (κ2) is 10.0. The van der Waals surface area contributed by atoms with Gasteiger partial charge in [0.2, 0.25) is 15.9 Å². The van der Waals surface area contributed by atoms with Crippen molar-refractivity contribution in [2.24, 2.45) is 5.92 Å². The van der Waals surface area contributed by atoms with E-state index in [4.69, 9.17) is 9.26 Å². The number of rotatable bonds is 5. The van der Waals surface area contributed by atoms with E-state index in [0.29, 0.717) is 51.4 Å². The van der Waals surface area contributed by atoms with Gasteiger partial charge in [0.05, 0.1) is 19.1 Å². The number of nitrogens with zero attached hydrogens (tertiary/aromatic N) is 3. The lowest BCUT2D eigenvalue weighted by atomic mass is 9.98. The molecule has 1 unspecified atom stereocenters. The molecule has 1 amide bonds. The summed E-state index contributed by atoms with van der Waals surface area (Å²) in [7, 11) is -3.88. The molecule has 1 aromatic carbocycles. The van der Waals surface area contributed by atoms with Gasteiger partial charge in [-0.3, -0.25) is 4.79 Å². The topological polar surface area (TPSA) is 93.0 Å². The molecule has 1 aromatic heterocycles. The fourth-order valence-corrected chi connectivity index (χ4v) is 6.72. The molecule has 0 radical (unpaired) electrons. The van der Waals surface area contributed by atoms with Crippen LogP contribution in [0.5, 0.6) is 0 Å². The summed E-state index contributed by atoms with van der Waals surface area (Å²) in [5.74, 6) is -0.132. The molecule has 0 N–H and O–H groups in total. The number of ether oxygens (including phenoxy) is 1. The van der Waals surface area contributed by atoms with Crippen LogP contribution in [0.4, 0.5) is 0 Å². The maximum Gasteiger partial charge on any atom is 0.248 e. The summed E-state index contributed by atoms with van der Waals surface area (Å²) in [5.41, 5.74) is 4.73. The normalized spacial score (nSPS) is 20.2. The monoisotopic (exact) mass is 487 g/mol. The lowest BCUT2D eigenvalue weighted by Crippen LogP contribution is -2.49. The number of carbonyl (C=O) groups excluding carboxylic acids is 1. The second-order valence-electron chi connectivity index (χ2n) is 9.25. The lowest BCUT2D eigenvalue weighted by molar-refractivity contribution is -0.140. The summed E-state index contributed by atoms with van der Waals surface area (Å²) in [6, 6.07) is 4.19. The number of piperidine rings is 1. The Morgan fingerprint density at radius 3 is 2.41 bits per heavy atom. The van der Waals surface area contributed by atoms with Crippen LogP contribution in [0.3, 0.4) is 0 Å². The number of benzene rings is 1. The van der Waals surface area contributed by atoms with Crippen LogP contribution < -0.4 is 0 Å². The molecular weight excluding hydrogens is 454 g/mol. The number of hydrogen-bond donors (Lipinski definition) is 0. The van der Waals surface area contributed by atoms with Gasteiger partial charge in [0, 0.05) is 26.2 Å². The van der Waals surface area contributed by atoms with Crippen molar-refractivity contribution in [3.63, 3.8) is 0 Å². The van der Waals surface area contributed by atoms with Gasteiger partial charge in [-0.05, 0) is 63.3 Å². The molecule has 34 heavy (non-hydrogen) atoms. The van der Waals surface area contributed by atoms with Crippen LogP contribution in [0.15, 0.2) is 21.6 Å². The minimum Gasteiger partial charge on any atom is -0.378 e. The molecule has 0 aliphatic carbocycles. The minimum atomic E-state index is -3.88. The molecule has 2 saturated heterocycles. The lowest BCUT2D eigenvalue weighted by Gasteiger charge is -2.35. The predicted molar refractivity (Wildman–Crippen MR) is 130 cm³/mol. The van der Waals surface area contributed by atoms with E-state index in [2.05, 4.69) is 17.3 Å². The van der Waals surface area contributed by atoms with Crippen LogP contribution in [0.1, 0.15) is 46.5 Å². The molecule has 9 heteroatoms. The standard InChI is InChI=1S/C25H33N3O5S/c1-17-14-18(2)22(19(3)15-17)7-8-23-24(20(4)26-33-23)34(30,31)28-9-5-6-21(16-28)25(29)27-10-12-32-13-11-27/h7-8,14-15,21H,5-6,9-13,16H2,1-4H3/b8-7+. The van der Waals surface area contributed by atoms with E-state index in [1.807, 2.05) is 26.8 Å². The molecule has 2 aromatic rings. The zero-order chi connectivity index (χ0) is 24.5. The number of carbonyl (C=O) groups is 1. The van der Waals surface area contributed by atoms with Gasteiger partial charge in [0.25, 0.3) is 0 Å². The van der Waals surface area contributed by atoms with Crippen molar-refractivity contribution >= 4 is 28.1 Å². The Hall–Kier alpha value is -2.49. The molecule has 2 aliphatic heterocycles. The second-order valence-corrected chi connectivity index (χ2v) is 11.1. The van der Waals surface area contributed by atoms with E-state index in [-0.39, 0.29) is 29.0 Å². The van der Waals surface area contributed by atoms with Crippen molar-refractivity contribution in [3.05, 3.63) is 45.8 Å². The first-order valence-electron chi connectivity index (χ1n) is 11.8. The van der Waals surface area contributed by atoms with Gasteiger partial charge in [-0.15, -0.1) is 0 Å². The first-order valence-corrected chi connectivity index (χ1v) is 13.2. The molecule has 184 valence electrons. The highest BCUT2D eigenvalue weighted by molar-refractivity contribution is 7.89. The molecule has 3 heterocycles. The number of aryl methyl sites for hydroxylation is 4. The molecular formula is C25H33N3O5S. The van der Waals surface area contributed by atoms with Crippen LogP contribution in [-0.4, -0.2) is 68.1 Å². The molecule has 0 spiro atoms. The van der Waals surface area contributed by atoms with Crippen molar-refractivity contribution in [2.75, 3.05) is 39.4 Å². The van der Waals surface area contributed by atoms with E-state index >= 15 is 0 Å². The number of morpholine rings is 1. The Morgan fingerprint density at radius 1 is 1.06 bits per heavy atom. The molecule has 0 saturated carbocycles. The Bertz CT molecular complexity index is 1170. The fraction of sp³-hybridized carbons (Fsp3) is 0.520. The van der Waals surface area contributed by atoms with Gasteiger partial charge in [-0.2, -0.15) is 4.31 Å². The van der Waals surface area contributed by atoms with E-state index in [1.54, 1.807) is 17.9 Å². The van der Waals surface area contributed by atoms with Crippen LogP contribution in [0, 0.1) is 33.6 Å². The van der Waals surface area contributed by atoms with Crippen molar-refractivity contribution < 1.29 is 22.5 Å². The van der Waals surface area contributed by atoms with E-state index < -0.39 is 10.0 Å². The third-order valence-electron chi connectivity index (χ3n) is 6.63. The van der Waals surface area contributed by atoms with Crippen molar-refractivity contribution in [2.45, 2.75) is 45.4 Å². The van der Waals surface area contributed by atoms with Crippen LogP contribution in [0.25, 0.3) is 12.2 Å². The van der Waals surface area contributed by atoms with Crippen molar-refractivity contribution in [3.8, 4) is 0 Å². The third-order valence-corrected chi connectivity index (χ3v) is 8.65. The minimum absolute atomic E-state index is 0.00989. The fourth-order valence-electron chi connectivity index (χ4n) is 4.95. The Labute approximate surface area is 201 Å². The van der Waals surface area contributed by atoms with E-state index in [0.717, 1.165) is 16.7 Å². The third kappa shape index (κ3) is 4.96. The highest BCUT2D eigenvalue weighted by Gasteiger charge is 2.38. The van der Waals surface area contributed by atoms with Gasteiger partial charge < -0.3 is 14.2 Å². The Balaban J connectivity index is 1.58. The zero-order valence-corrected chi connectivity index (χ0v) is 21.2. The van der Waals surface area contributed by atoms with Gasteiger partial charge in [-0.25, -0.2) is 8.42 Å². The maximum atomic E-state index is 13.7. The molecule has 4 rings (SSSR count). The summed E-state index contributed by atoms with van der Waals surface area (Å²) in [6.45, 7) is 10.4. The van der Waals surface area contributed by atoms with Gasteiger partial charge in [0.1, 0.15) is 5.69 Å². The SMILES string of the molecule is Cc1cc(C)c(/C=C/c2onc(C)c2S(=O)(=O)N2CCCC(C(=O)N3CCOCC3)C2)c(C)c1. The van der Waals surface area contributed by atoms with Crippen molar-refractivity contribution in [1.29, 1.82) is 0 Å². The first-order chi connectivity index (χ1) is 16.2. The van der Waals surface area contributed by atoms with Gasteiger partial charge >= 0.3 is 0 Å². The number of aromatic nitrogens is 1. The summed E-state index contributed by atoms with van der Waals surface area (Å²) in [4.78, 5) is 14.9. The smallest absolute Gasteiger partial charge is 0.248 e. The summed E-state index contributed by atoms with van der Waals surface area (Å²) in [6.07, 6.45) is 4.88. The number of hydrogen-bond acceptors (Lipinski definition) is 6. The van der Waals surface area contributed by atoms with Crippen LogP contribution in [0.2, 0.25) is 0 Å². The zero-order valence-electron chi connectivity index (χ0n) is 20.3. The van der Waals surface area contributed by atoms with Crippen molar-refractivity contribution in [1.82, 2.24) is 14.4 Å². The molecule has 2 aliphatic rings. The molecule has 2 fully saturated rings. The highest BCUT2D eigenvalue weighted by Crippen LogP contribution is 2.30. The van der Waals surface area contributed by atoms with Crippen LogP contribution >= 0.6 is 0 Å². The summed E-state index contributed by atoms with van der Waals surface area (Å²) < 4.78 is 39.5. The summed E-state index contributed by atoms with van der Waals surface area (Å²) in [5, 5.41) is 3.96. The Morgan fingerprint density at radius 2 is 1.74 bits per heavy atom. The average Bonchev–Trinajstić information content (AvgIpc) is 3.19. The number of amides is 1. The summed E-state index contributed by atoms with van der Waals surface area (Å²) >= 11 is 0. The molecule has 0 bridgehead atoms.